The summed E-state index contributed by atoms with van der Waals surface area (Å²) in [6.45, 7) is 1.72. The molecule has 0 fully saturated rings. The highest BCUT2D eigenvalue weighted by Crippen LogP contribution is 2.24. The van der Waals surface area contributed by atoms with Gasteiger partial charge in [-0.2, -0.15) is 0 Å². The highest BCUT2D eigenvalue weighted by atomic mass is 35.5. The second kappa shape index (κ2) is 4.24. The number of benzene rings is 1. The van der Waals surface area contributed by atoms with E-state index < -0.39 is 11.8 Å². The van der Waals surface area contributed by atoms with Crippen LogP contribution >= 0.6 is 11.6 Å². The molecule has 0 aromatic heterocycles. The number of hydrogen-bond acceptors (Lipinski definition) is 1. The maximum Gasteiger partial charge on any atom is 0.328 e. The van der Waals surface area contributed by atoms with Crippen molar-refractivity contribution in [1.82, 2.24) is 0 Å². The van der Waals surface area contributed by atoms with E-state index in [1.807, 2.05) is 0 Å². The van der Waals surface area contributed by atoms with Gasteiger partial charge in [0.05, 0.1) is 5.02 Å². The lowest BCUT2D eigenvalue weighted by atomic mass is 10.1. The van der Waals surface area contributed by atoms with E-state index in [-0.39, 0.29) is 10.6 Å². The fourth-order valence-corrected chi connectivity index (χ4v) is 1.20. The molecule has 4 heteroatoms. The van der Waals surface area contributed by atoms with Crippen molar-refractivity contribution in [2.75, 3.05) is 0 Å². The van der Waals surface area contributed by atoms with Crippen LogP contribution in [-0.4, -0.2) is 11.1 Å². The highest BCUT2D eigenvalue weighted by Gasteiger charge is 2.06. The Morgan fingerprint density at radius 1 is 1.57 bits per heavy atom. The SMILES string of the molecule is Cc1ccc(F)c(/C=C\C(=O)O)c1Cl. The van der Waals surface area contributed by atoms with Crippen molar-refractivity contribution in [3.8, 4) is 0 Å². The molecule has 1 N–H and O–H groups in total. The van der Waals surface area contributed by atoms with Crippen LogP contribution in [0.15, 0.2) is 18.2 Å². The van der Waals surface area contributed by atoms with Crippen molar-refractivity contribution in [3.05, 3.63) is 40.2 Å². The molecule has 0 bridgehead atoms. The lowest BCUT2D eigenvalue weighted by Crippen LogP contribution is -1.90. The zero-order valence-corrected chi connectivity index (χ0v) is 8.18. The summed E-state index contributed by atoms with van der Waals surface area (Å²) in [6.07, 6.45) is 2.00. The van der Waals surface area contributed by atoms with Gasteiger partial charge in [0.15, 0.2) is 0 Å². The van der Waals surface area contributed by atoms with E-state index >= 15 is 0 Å². The van der Waals surface area contributed by atoms with Gasteiger partial charge >= 0.3 is 5.97 Å². The van der Waals surface area contributed by atoms with Crippen molar-refractivity contribution in [3.63, 3.8) is 0 Å². The predicted molar refractivity (Wildman–Crippen MR) is 52.8 cm³/mol. The van der Waals surface area contributed by atoms with Gasteiger partial charge in [0.2, 0.25) is 0 Å². The standard InChI is InChI=1S/C10H8ClFO2/c1-6-2-4-8(12)7(10(6)11)3-5-9(13)14/h2-5H,1H3,(H,13,14)/b5-3-. The number of hydrogen-bond donors (Lipinski definition) is 1. The normalized spacial score (nSPS) is 10.8. The van der Waals surface area contributed by atoms with E-state index in [0.717, 1.165) is 12.2 Å². The van der Waals surface area contributed by atoms with Gasteiger partial charge in [-0.05, 0) is 24.6 Å². The van der Waals surface area contributed by atoms with Gasteiger partial charge in [-0.1, -0.05) is 17.7 Å². The largest absolute Gasteiger partial charge is 0.478 e. The molecule has 0 saturated heterocycles. The minimum atomic E-state index is -1.14. The number of aliphatic carboxylic acids is 1. The Morgan fingerprint density at radius 3 is 2.79 bits per heavy atom. The van der Waals surface area contributed by atoms with Gasteiger partial charge in [-0.15, -0.1) is 0 Å². The molecule has 0 saturated carbocycles. The fourth-order valence-electron chi connectivity index (χ4n) is 0.986. The topological polar surface area (TPSA) is 37.3 Å². The number of carboxylic acid groups (broad SMARTS) is 1. The van der Waals surface area contributed by atoms with E-state index in [2.05, 4.69) is 0 Å². The minimum absolute atomic E-state index is 0.106. The zero-order chi connectivity index (χ0) is 10.7. The van der Waals surface area contributed by atoms with Crippen LogP contribution in [0.5, 0.6) is 0 Å². The van der Waals surface area contributed by atoms with E-state index in [1.165, 1.54) is 12.1 Å². The summed E-state index contributed by atoms with van der Waals surface area (Å²) in [4.78, 5) is 10.2. The number of aryl methyl sites for hydroxylation is 1. The molecular formula is C10H8ClFO2. The fraction of sp³-hybridized carbons (Fsp3) is 0.100. The average molecular weight is 215 g/mol. The molecule has 1 aromatic carbocycles. The smallest absolute Gasteiger partial charge is 0.328 e. The van der Waals surface area contributed by atoms with E-state index in [1.54, 1.807) is 6.92 Å². The Bertz CT molecular complexity index is 399. The molecule has 1 aromatic rings. The van der Waals surface area contributed by atoms with Crippen LogP contribution in [0.1, 0.15) is 11.1 Å². The summed E-state index contributed by atoms with van der Waals surface area (Å²) in [7, 11) is 0. The average Bonchev–Trinajstić information content (AvgIpc) is 2.11. The van der Waals surface area contributed by atoms with Crippen LogP contribution in [0.3, 0.4) is 0 Å². The monoisotopic (exact) mass is 214 g/mol. The van der Waals surface area contributed by atoms with E-state index in [4.69, 9.17) is 16.7 Å². The number of carboxylic acids is 1. The second-order valence-corrected chi connectivity index (χ2v) is 3.14. The Balaban J connectivity index is 3.19. The first-order valence-corrected chi connectivity index (χ1v) is 4.26. The maximum atomic E-state index is 13.2. The van der Waals surface area contributed by atoms with E-state index in [0.29, 0.717) is 5.56 Å². The van der Waals surface area contributed by atoms with Crippen molar-refractivity contribution in [1.29, 1.82) is 0 Å². The molecule has 0 radical (unpaired) electrons. The molecule has 0 atom stereocenters. The quantitative estimate of drug-likeness (QED) is 0.769. The van der Waals surface area contributed by atoms with Gasteiger partial charge in [0.1, 0.15) is 5.82 Å². The molecule has 14 heavy (non-hydrogen) atoms. The molecule has 0 aliphatic carbocycles. The third kappa shape index (κ3) is 2.33. The predicted octanol–water partition coefficient (Wildman–Crippen LogP) is 2.89. The van der Waals surface area contributed by atoms with Gasteiger partial charge in [-0.25, -0.2) is 9.18 Å². The maximum absolute atomic E-state index is 13.2. The molecule has 2 nitrogen and oxygen atoms in total. The third-order valence-corrected chi connectivity index (χ3v) is 2.21. The molecule has 1 rings (SSSR count). The van der Waals surface area contributed by atoms with Crippen molar-refractivity contribution in [2.24, 2.45) is 0 Å². The van der Waals surface area contributed by atoms with Crippen molar-refractivity contribution < 1.29 is 14.3 Å². The van der Waals surface area contributed by atoms with Crippen LogP contribution in [-0.2, 0) is 4.79 Å². The molecule has 0 unspecified atom stereocenters. The van der Waals surface area contributed by atoms with Crippen LogP contribution < -0.4 is 0 Å². The minimum Gasteiger partial charge on any atom is -0.478 e. The summed E-state index contributed by atoms with van der Waals surface area (Å²) < 4.78 is 13.2. The first-order chi connectivity index (χ1) is 6.52. The van der Waals surface area contributed by atoms with Crippen LogP contribution in [0.2, 0.25) is 5.02 Å². The summed E-state index contributed by atoms with van der Waals surface area (Å²) in [5.74, 6) is -1.67. The first kappa shape index (κ1) is 10.7. The third-order valence-electron chi connectivity index (χ3n) is 1.71. The van der Waals surface area contributed by atoms with Crippen LogP contribution in [0, 0.1) is 12.7 Å². The highest BCUT2D eigenvalue weighted by molar-refractivity contribution is 6.32. The van der Waals surface area contributed by atoms with Crippen molar-refractivity contribution >= 4 is 23.6 Å². The Kier molecular flexibility index (Phi) is 3.25. The number of rotatable bonds is 2. The number of halogens is 2. The van der Waals surface area contributed by atoms with Crippen LogP contribution in [0.4, 0.5) is 4.39 Å². The first-order valence-electron chi connectivity index (χ1n) is 3.88. The Morgan fingerprint density at radius 2 is 2.21 bits per heavy atom. The van der Waals surface area contributed by atoms with Gasteiger partial charge < -0.3 is 5.11 Å². The summed E-state index contributed by atoms with van der Waals surface area (Å²) in [5.41, 5.74) is 0.812. The summed E-state index contributed by atoms with van der Waals surface area (Å²) >= 11 is 5.80. The van der Waals surface area contributed by atoms with E-state index in [9.17, 15) is 9.18 Å². The Labute approximate surface area is 85.6 Å². The second-order valence-electron chi connectivity index (χ2n) is 2.76. The van der Waals surface area contributed by atoms with Gasteiger partial charge in [0.25, 0.3) is 0 Å². The molecule has 0 heterocycles. The summed E-state index contributed by atoms with van der Waals surface area (Å²) in [6, 6.07) is 2.79. The van der Waals surface area contributed by atoms with Gasteiger partial charge in [-0.3, -0.25) is 0 Å². The molecule has 0 aliphatic rings. The Hall–Kier alpha value is -1.35. The molecule has 74 valence electrons. The molecule has 0 aliphatic heterocycles. The molecule has 0 spiro atoms. The van der Waals surface area contributed by atoms with Crippen molar-refractivity contribution in [2.45, 2.75) is 6.92 Å². The molecular weight excluding hydrogens is 207 g/mol. The van der Waals surface area contributed by atoms with Crippen LogP contribution in [0.25, 0.3) is 6.08 Å². The molecule has 0 amide bonds. The van der Waals surface area contributed by atoms with Gasteiger partial charge in [0, 0.05) is 11.6 Å². The lowest BCUT2D eigenvalue weighted by molar-refractivity contribution is -0.131. The summed E-state index contributed by atoms with van der Waals surface area (Å²) in [5, 5.41) is 8.61. The number of carbonyl (C=O) groups is 1. The zero-order valence-electron chi connectivity index (χ0n) is 7.42. The lowest BCUT2D eigenvalue weighted by Gasteiger charge is -2.02.